The van der Waals surface area contributed by atoms with E-state index in [1.165, 1.54) is 0 Å². The molecule has 0 amide bonds. The van der Waals surface area contributed by atoms with Gasteiger partial charge in [-0.15, -0.1) is 0 Å². The van der Waals surface area contributed by atoms with Crippen molar-refractivity contribution in [1.29, 1.82) is 0 Å². The van der Waals surface area contributed by atoms with Crippen LogP contribution in [0.4, 0.5) is 0 Å². The summed E-state index contributed by atoms with van der Waals surface area (Å²) in [7, 11) is -3.36. The van der Waals surface area contributed by atoms with E-state index >= 15 is 0 Å². The van der Waals surface area contributed by atoms with Gasteiger partial charge in [0.2, 0.25) is 0 Å². The van der Waals surface area contributed by atoms with Crippen molar-refractivity contribution in [1.82, 2.24) is 4.98 Å². The number of rotatable bonds is 4. The minimum absolute atomic E-state index is 0.119. The number of pyridine rings is 1. The van der Waals surface area contributed by atoms with Gasteiger partial charge in [-0.1, -0.05) is 6.42 Å². The van der Waals surface area contributed by atoms with E-state index in [0.29, 0.717) is 0 Å². The molecule has 16 heavy (non-hydrogen) atoms. The highest BCUT2D eigenvalue weighted by atomic mass is 32.2. The van der Waals surface area contributed by atoms with E-state index < -0.39 is 10.1 Å². The van der Waals surface area contributed by atoms with Crippen molar-refractivity contribution in [3.05, 3.63) is 30.1 Å². The van der Waals surface area contributed by atoms with Crippen LogP contribution in [0.1, 0.15) is 24.8 Å². The summed E-state index contributed by atoms with van der Waals surface area (Å²) in [4.78, 5) is 3.97. The Kier molecular flexibility index (Phi) is 2.99. The summed E-state index contributed by atoms with van der Waals surface area (Å²) in [6.07, 6.45) is 7.63. The second-order valence-corrected chi connectivity index (χ2v) is 5.98. The molecule has 0 aromatic carbocycles. The van der Waals surface area contributed by atoms with Crippen molar-refractivity contribution in [3.63, 3.8) is 0 Å². The molecule has 2 rings (SSSR count). The summed E-state index contributed by atoms with van der Waals surface area (Å²) in [6.45, 7) is 0.246. The fourth-order valence-electron chi connectivity index (χ4n) is 2.05. The van der Waals surface area contributed by atoms with E-state index in [4.69, 9.17) is 4.18 Å². The van der Waals surface area contributed by atoms with Gasteiger partial charge in [0, 0.05) is 17.8 Å². The maximum atomic E-state index is 11.0. The molecule has 1 aromatic rings. The Morgan fingerprint density at radius 3 is 2.44 bits per heavy atom. The van der Waals surface area contributed by atoms with Crippen LogP contribution in [-0.4, -0.2) is 26.3 Å². The third-order valence-corrected chi connectivity index (χ3v) is 3.70. The van der Waals surface area contributed by atoms with E-state index in [9.17, 15) is 8.42 Å². The highest BCUT2D eigenvalue weighted by Crippen LogP contribution is 2.43. The lowest BCUT2D eigenvalue weighted by molar-refractivity contribution is 0.141. The zero-order valence-electron chi connectivity index (χ0n) is 9.22. The molecular weight excluding hydrogens is 226 g/mol. The molecule has 4 nitrogen and oxygen atoms in total. The van der Waals surface area contributed by atoms with E-state index in [2.05, 4.69) is 4.98 Å². The van der Waals surface area contributed by atoms with Crippen LogP contribution in [0.3, 0.4) is 0 Å². The standard InChI is InChI=1S/C11H15NO3S/c1-16(13,14)15-9-11(5-2-6-11)10-3-7-12-8-4-10/h3-4,7-8H,2,5-6,9H2,1H3. The maximum Gasteiger partial charge on any atom is 0.264 e. The van der Waals surface area contributed by atoms with Gasteiger partial charge >= 0.3 is 0 Å². The van der Waals surface area contributed by atoms with Crippen molar-refractivity contribution in [2.24, 2.45) is 0 Å². The highest BCUT2D eigenvalue weighted by molar-refractivity contribution is 7.85. The molecule has 0 bridgehead atoms. The predicted molar refractivity (Wildman–Crippen MR) is 60.6 cm³/mol. The van der Waals surface area contributed by atoms with Gasteiger partial charge in [-0.05, 0) is 30.5 Å². The lowest BCUT2D eigenvalue weighted by Gasteiger charge is -2.41. The first kappa shape index (κ1) is 11.5. The van der Waals surface area contributed by atoms with Crippen molar-refractivity contribution >= 4 is 10.1 Å². The molecule has 1 heterocycles. The summed E-state index contributed by atoms with van der Waals surface area (Å²) in [5.41, 5.74) is 1.00. The molecule has 1 fully saturated rings. The van der Waals surface area contributed by atoms with Gasteiger partial charge in [0.25, 0.3) is 10.1 Å². The Labute approximate surface area is 95.8 Å². The summed E-state index contributed by atoms with van der Waals surface area (Å²) < 4.78 is 27.0. The SMILES string of the molecule is CS(=O)(=O)OCC1(c2ccncc2)CCC1. The van der Waals surface area contributed by atoms with E-state index in [0.717, 1.165) is 31.1 Å². The zero-order chi connectivity index (χ0) is 11.6. The fourth-order valence-corrected chi connectivity index (χ4v) is 2.48. The van der Waals surface area contributed by atoms with E-state index in [1.807, 2.05) is 12.1 Å². The van der Waals surface area contributed by atoms with Crippen LogP contribution in [0.2, 0.25) is 0 Å². The first-order chi connectivity index (χ1) is 7.52. The number of aromatic nitrogens is 1. The normalized spacial score (nSPS) is 19.1. The van der Waals surface area contributed by atoms with Crippen LogP contribution < -0.4 is 0 Å². The largest absolute Gasteiger partial charge is 0.269 e. The Balaban J connectivity index is 2.15. The first-order valence-electron chi connectivity index (χ1n) is 5.27. The van der Waals surface area contributed by atoms with Crippen LogP contribution in [0, 0.1) is 0 Å². The second-order valence-electron chi connectivity index (χ2n) is 4.34. The molecule has 0 unspecified atom stereocenters. The molecule has 0 N–H and O–H groups in total. The minimum atomic E-state index is -3.36. The molecule has 5 heteroatoms. The van der Waals surface area contributed by atoms with Gasteiger partial charge in [-0.2, -0.15) is 8.42 Å². The van der Waals surface area contributed by atoms with Gasteiger partial charge in [0.05, 0.1) is 12.9 Å². The summed E-state index contributed by atoms with van der Waals surface area (Å²) in [6, 6.07) is 3.87. The van der Waals surface area contributed by atoms with Gasteiger partial charge in [-0.25, -0.2) is 0 Å². The van der Waals surface area contributed by atoms with Crippen LogP contribution >= 0.6 is 0 Å². The molecule has 0 aliphatic heterocycles. The summed E-state index contributed by atoms with van der Waals surface area (Å²) in [5, 5.41) is 0. The Morgan fingerprint density at radius 1 is 1.38 bits per heavy atom. The Hall–Kier alpha value is -0.940. The quantitative estimate of drug-likeness (QED) is 0.749. The third-order valence-electron chi connectivity index (χ3n) is 3.15. The predicted octanol–water partition coefficient (Wildman–Crippen LogP) is 1.48. The van der Waals surface area contributed by atoms with Gasteiger partial charge in [-0.3, -0.25) is 9.17 Å². The van der Waals surface area contributed by atoms with Crippen LogP contribution in [-0.2, 0) is 19.7 Å². The molecule has 88 valence electrons. The van der Waals surface area contributed by atoms with E-state index in [-0.39, 0.29) is 12.0 Å². The van der Waals surface area contributed by atoms with Crippen molar-refractivity contribution in [2.75, 3.05) is 12.9 Å². The number of nitrogens with zero attached hydrogens (tertiary/aromatic N) is 1. The molecule has 1 aliphatic rings. The highest BCUT2D eigenvalue weighted by Gasteiger charge is 2.39. The monoisotopic (exact) mass is 241 g/mol. The molecule has 0 atom stereocenters. The molecular formula is C11H15NO3S. The Bertz CT molecular complexity index is 451. The zero-order valence-corrected chi connectivity index (χ0v) is 10.0. The van der Waals surface area contributed by atoms with E-state index in [1.54, 1.807) is 12.4 Å². The molecule has 0 radical (unpaired) electrons. The van der Waals surface area contributed by atoms with Gasteiger partial charge in [0.15, 0.2) is 0 Å². The Morgan fingerprint density at radius 2 is 2.00 bits per heavy atom. The van der Waals surface area contributed by atoms with Crippen LogP contribution in [0.5, 0.6) is 0 Å². The molecule has 1 aromatic heterocycles. The first-order valence-corrected chi connectivity index (χ1v) is 7.08. The average molecular weight is 241 g/mol. The third kappa shape index (κ3) is 2.41. The second kappa shape index (κ2) is 4.14. The summed E-state index contributed by atoms with van der Waals surface area (Å²) >= 11 is 0. The average Bonchev–Trinajstić information content (AvgIpc) is 2.16. The molecule has 0 saturated heterocycles. The van der Waals surface area contributed by atoms with Gasteiger partial charge in [0.1, 0.15) is 0 Å². The lowest BCUT2D eigenvalue weighted by Crippen LogP contribution is -2.39. The maximum absolute atomic E-state index is 11.0. The minimum Gasteiger partial charge on any atom is -0.269 e. The van der Waals surface area contributed by atoms with Crippen molar-refractivity contribution in [2.45, 2.75) is 24.7 Å². The fraction of sp³-hybridized carbons (Fsp3) is 0.545. The molecule has 0 spiro atoms. The lowest BCUT2D eigenvalue weighted by atomic mass is 9.65. The van der Waals surface area contributed by atoms with Crippen molar-refractivity contribution in [3.8, 4) is 0 Å². The summed E-state index contributed by atoms with van der Waals surface area (Å²) in [5.74, 6) is 0. The topological polar surface area (TPSA) is 56.3 Å². The van der Waals surface area contributed by atoms with Crippen molar-refractivity contribution < 1.29 is 12.6 Å². The number of hydrogen-bond acceptors (Lipinski definition) is 4. The van der Waals surface area contributed by atoms with Gasteiger partial charge < -0.3 is 0 Å². The molecule has 1 aliphatic carbocycles. The van der Waals surface area contributed by atoms with Crippen LogP contribution in [0.15, 0.2) is 24.5 Å². The number of hydrogen-bond donors (Lipinski definition) is 0. The van der Waals surface area contributed by atoms with Crippen LogP contribution in [0.25, 0.3) is 0 Å². The smallest absolute Gasteiger partial charge is 0.264 e. The molecule has 1 saturated carbocycles.